The van der Waals surface area contributed by atoms with E-state index in [1.807, 2.05) is 13.8 Å². The van der Waals surface area contributed by atoms with Crippen LogP contribution in [0, 0.1) is 11.7 Å². The molecule has 1 unspecified atom stereocenters. The lowest BCUT2D eigenvalue weighted by molar-refractivity contribution is -0.142. The van der Waals surface area contributed by atoms with E-state index in [2.05, 4.69) is 15.5 Å². The van der Waals surface area contributed by atoms with Crippen LogP contribution >= 0.6 is 0 Å². The van der Waals surface area contributed by atoms with Gasteiger partial charge in [-0.15, -0.1) is 0 Å². The Bertz CT molecular complexity index is 728. The molecule has 0 fully saturated rings. The second-order valence-electron chi connectivity index (χ2n) is 6.11. The first kappa shape index (κ1) is 18.6. The molecule has 1 aromatic carbocycles. The van der Waals surface area contributed by atoms with Gasteiger partial charge < -0.3 is 14.9 Å². The zero-order valence-corrected chi connectivity index (χ0v) is 14.0. The number of carbonyl (C=O) groups is 2. The second kappa shape index (κ2) is 8.36. The first-order valence-electron chi connectivity index (χ1n) is 7.96. The Balaban J connectivity index is 1.89. The van der Waals surface area contributed by atoms with Crippen LogP contribution in [0.3, 0.4) is 0 Å². The first-order chi connectivity index (χ1) is 11.8. The third-order valence-electron chi connectivity index (χ3n) is 3.48. The average Bonchev–Trinajstić information content (AvgIpc) is 3.01. The monoisotopic (exact) mass is 349 g/mol. The maximum atomic E-state index is 12.9. The van der Waals surface area contributed by atoms with E-state index in [9.17, 15) is 14.0 Å². The number of aryl methyl sites for hydroxylation is 1. The highest BCUT2D eigenvalue weighted by molar-refractivity contribution is 5.83. The van der Waals surface area contributed by atoms with Crippen molar-refractivity contribution in [2.24, 2.45) is 5.92 Å². The fraction of sp³-hybridized carbons (Fsp3) is 0.412. The molecule has 25 heavy (non-hydrogen) atoms. The Morgan fingerprint density at radius 1 is 1.28 bits per heavy atom. The third-order valence-corrected chi connectivity index (χ3v) is 3.48. The number of aromatic nitrogens is 2. The number of halogens is 1. The fourth-order valence-electron chi connectivity index (χ4n) is 2.25. The van der Waals surface area contributed by atoms with E-state index < -0.39 is 17.9 Å². The van der Waals surface area contributed by atoms with Crippen molar-refractivity contribution >= 4 is 11.9 Å². The molecule has 134 valence electrons. The van der Waals surface area contributed by atoms with E-state index in [1.165, 1.54) is 24.3 Å². The fourth-order valence-corrected chi connectivity index (χ4v) is 2.25. The quantitative estimate of drug-likeness (QED) is 0.758. The van der Waals surface area contributed by atoms with Crippen LogP contribution in [-0.4, -0.2) is 33.2 Å². The normalized spacial score (nSPS) is 12.2. The van der Waals surface area contributed by atoms with Crippen molar-refractivity contribution in [3.63, 3.8) is 0 Å². The predicted molar refractivity (Wildman–Crippen MR) is 87.0 cm³/mol. The zero-order chi connectivity index (χ0) is 18.4. The lowest BCUT2D eigenvalue weighted by Gasteiger charge is -2.16. The number of aliphatic carboxylic acids is 1. The molecule has 1 heterocycles. The summed E-state index contributed by atoms with van der Waals surface area (Å²) in [6.07, 6.45) is 0.581. The molecular weight excluding hydrogens is 329 g/mol. The van der Waals surface area contributed by atoms with Crippen LogP contribution in [0.4, 0.5) is 4.39 Å². The van der Waals surface area contributed by atoms with Gasteiger partial charge in [-0.1, -0.05) is 19.0 Å². The molecule has 1 amide bonds. The average molecular weight is 349 g/mol. The third kappa shape index (κ3) is 5.66. The summed E-state index contributed by atoms with van der Waals surface area (Å²) in [4.78, 5) is 27.2. The summed E-state index contributed by atoms with van der Waals surface area (Å²) in [6.45, 7) is 3.77. The van der Waals surface area contributed by atoms with Crippen LogP contribution in [0.15, 0.2) is 28.8 Å². The molecule has 0 saturated heterocycles. The van der Waals surface area contributed by atoms with Gasteiger partial charge in [-0.3, -0.25) is 4.79 Å². The molecule has 0 bridgehead atoms. The topological polar surface area (TPSA) is 105 Å². The van der Waals surface area contributed by atoms with Crippen molar-refractivity contribution in [2.75, 3.05) is 0 Å². The van der Waals surface area contributed by atoms with Gasteiger partial charge in [-0.25, -0.2) is 9.18 Å². The highest BCUT2D eigenvalue weighted by Crippen LogP contribution is 2.16. The molecule has 8 heteroatoms. The van der Waals surface area contributed by atoms with Crippen LogP contribution < -0.4 is 5.32 Å². The molecule has 2 N–H and O–H groups in total. The van der Waals surface area contributed by atoms with Gasteiger partial charge in [-0.2, -0.15) is 4.98 Å². The molecule has 0 saturated carbocycles. The van der Waals surface area contributed by atoms with Crippen LogP contribution in [0.5, 0.6) is 0 Å². The van der Waals surface area contributed by atoms with Crippen molar-refractivity contribution < 1.29 is 23.6 Å². The van der Waals surface area contributed by atoms with E-state index in [0.717, 1.165) is 0 Å². The van der Waals surface area contributed by atoms with Crippen molar-refractivity contribution in [1.29, 1.82) is 0 Å². The molecule has 2 aromatic rings. The van der Waals surface area contributed by atoms with E-state index in [4.69, 9.17) is 9.63 Å². The minimum atomic E-state index is -1.06. The molecule has 0 radical (unpaired) electrons. The maximum absolute atomic E-state index is 12.9. The minimum absolute atomic E-state index is 0.0346. The summed E-state index contributed by atoms with van der Waals surface area (Å²) in [7, 11) is 0. The number of nitrogens with zero attached hydrogens (tertiary/aromatic N) is 2. The minimum Gasteiger partial charge on any atom is -0.480 e. The van der Waals surface area contributed by atoms with Gasteiger partial charge >= 0.3 is 5.97 Å². The van der Waals surface area contributed by atoms with E-state index in [-0.39, 0.29) is 30.5 Å². The number of carbonyl (C=O) groups excluding carboxylic acids is 1. The molecule has 2 rings (SSSR count). The Morgan fingerprint density at radius 3 is 2.56 bits per heavy atom. The summed E-state index contributed by atoms with van der Waals surface area (Å²) >= 11 is 0. The number of amides is 1. The van der Waals surface area contributed by atoms with Crippen molar-refractivity contribution in [2.45, 2.75) is 39.2 Å². The van der Waals surface area contributed by atoms with Gasteiger partial charge in [0.1, 0.15) is 11.9 Å². The van der Waals surface area contributed by atoms with E-state index in [1.54, 1.807) is 0 Å². The predicted octanol–water partition coefficient (Wildman–Crippen LogP) is 2.42. The summed E-state index contributed by atoms with van der Waals surface area (Å²) in [6, 6.07) is 4.73. The van der Waals surface area contributed by atoms with E-state index in [0.29, 0.717) is 17.8 Å². The van der Waals surface area contributed by atoms with Crippen LogP contribution in [-0.2, 0) is 16.0 Å². The molecule has 0 aliphatic carbocycles. The number of hydrogen-bond acceptors (Lipinski definition) is 5. The summed E-state index contributed by atoms with van der Waals surface area (Å²) in [5.41, 5.74) is 0.601. The summed E-state index contributed by atoms with van der Waals surface area (Å²) in [5.74, 6) is -1.11. The van der Waals surface area contributed by atoms with Crippen molar-refractivity contribution in [1.82, 2.24) is 15.5 Å². The number of hydrogen-bond donors (Lipinski definition) is 2. The van der Waals surface area contributed by atoms with Crippen molar-refractivity contribution in [3.8, 4) is 11.4 Å². The lowest BCUT2D eigenvalue weighted by Crippen LogP contribution is -2.41. The van der Waals surface area contributed by atoms with Crippen molar-refractivity contribution in [3.05, 3.63) is 36.0 Å². The van der Waals surface area contributed by atoms with Gasteiger partial charge in [0.25, 0.3) is 0 Å². The Labute approximate surface area is 144 Å². The van der Waals surface area contributed by atoms with Crippen LogP contribution in [0.2, 0.25) is 0 Å². The molecule has 1 aromatic heterocycles. The van der Waals surface area contributed by atoms with E-state index >= 15 is 0 Å². The molecule has 0 aliphatic heterocycles. The van der Waals surface area contributed by atoms with Crippen LogP contribution in [0.1, 0.15) is 32.6 Å². The Kier molecular flexibility index (Phi) is 6.21. The number of carboxylic acid groups (broad SMARTS) is 1. The largest absolute Gasteiger partial charge is 0.480 e. The van der Waals surface area contributed by atoms with Gasteiger partial charge in [0.15, 0.2) is 0 Å². The first-order valence-corrected chi connectivity index (χ1v) is 7.96. The molecular formula is C17H20FN3O4. The second-order valence-corrected chi connectivity index (χ2v) is 6.11. The summed E-state index contributed by atoms with van der Waals surface area (Å²) < 4.78 is 18.0. The lowest BCUT2D eigenvalue weighted by atomic mass is 10.0. The van der Waals surface area contributed by atoms with Gasteiger partial charge in [0, 0.05) is 18.4 Å². The standard InChI is InChI=1S/C17H20FN3O4/c1-10(2)9-13(17(23)24)19-14(22)7-8-15-20-16(21-25-15)11-3-5-12(18)6-4-11/h3-6,10,13H,7-9H2,1-2H3,(H,19,22)(H,23,24). The Hall–Kier alpha value is -2.77. The highest BCUT2D eigenvalue weighted by Gasteiger charge is 2.21. The van der Waals surface area contributed by atoms with Crippen LogP contribution in [0.25, 0.3) is 11.4 Å². The van der Waals surface area contributed by atoms with Gasteiger partial charge in [-0.05, 0) is 36.6 Å². The zero-order valence-electron chi connectivity index (χ0n) is 14.0. The molecule has 0 aliphatic rings. The number of carboxylic acids is 1. The Morgan fingerprint density at radius 2 is 1.96 bits per heavy atom. The maximum Gasteiger partial charge on any atom is 0.326 e. The summed E-state index contributed by atoms with van der Waals surface area (Å²) in [5, 5.41) is 15.4. The number of nitrogens with one attached hydrogen (secondary N) is 1. The van der Waals surface area contributed by atoms with Gasteiger partial charge in [0.05, 0.1) is 0 Å². The molecule has 1 atom stereocenters. The highest BCUT2D eigenvalue weighted by atomic mass is 19.1. The molecule has 0 spiro atoms. The number of benzene rings is 1. The van der Waals surface area contributed by atoms with Gasteiger partial charge in [0.2, 0.25) is 17.6 Å². The SMILES string of the molecule is CC(C)CC(NC(=O)CCc1nc(-c2ccc(F)cc2)no1)C(=O)O. The number of rotatable bonds is 8. The molecule has 7 nitrogen and oxygen atoms in total. The smallest absolute Gasteiger partial charge is 0.326 e.